The van der Waals surface area contributed by atoms with E-state index >= 15 is 0 Å². The van der Waals surface area contributed by atoms with E-state index in [1.54, 1.807) is 26.0 Å². The van der Waals surface area contributed by atoms with Crippen molar-refractivity contribution in [3.05, 3.63) is 23.8 Å². The van der Waals surface area contributed by atoms with Crippen LogP contribution in [0, 0.1) is 0 Å². The molecule has 1 heterocycles. The van der Waals surface area contributed by atoms with Gasteiger partial charge in [0.15, 0.2) is 0 Å². The Morgan fingerprint density at radius 3 is 2.85 bits per heavy atom. The second-order valence-electron chi connectivity index (χ2n) is 4.67. The fourth-order valence-corrected chi connectivity index (χ4v) is 3.66. The van der Waals surface area contributed by atoms with Gasteiger partial charge in [-0.2, -0.15) is 0 Å². The van der Waals surface area contributed by atoms with E-state index in [1.807, 2.05) is 30.0 Å². The Morgan fingerprint density at radius 1 is 1.40 bits per heavy atom. The van der Waals surface area contributed by atoms with Crippen LogP contribution in [0.5, 0.6) is 11.5 Å². The molecule has 1 aliphatic rings. The van der Waals surface area contributed by atoms with Gasteiger partial charge in [-0.3, -0.25) is 4.79 Å². The lowest BCUT2D eigenvalue weighted by molar-refractivity contribution is -0.131. The summed E-state index contributed by atoms with van der Waals surface area (Å²) in [7, 11) is 3.30. The van der Waals surface area contributed by atoms with Crippen molar-refractivity contribution in [2.75, 3.05) is 26.5 Å². The molecule has 1 aliphatic heterocycles. The number of hydrogen-bond acceptors (Lipinski definition) is 4. The van der Waals surface area contributed by atoms with E-state index in [1.165, 1.54) is 0 Å². The van der Waals surface area contributed by atoms with Gasteiger partial charge in [-0.05, 0) is 24.6 Å². The van der Waals surface area contributed by atoms with Gasteiger partial charge < -0.3 is 14.4 Å². The molecule has 1 fully saturated rings. The molecule has 0 aliphatic carbocycles. The minimum Gasteiger partial charge on any atom is -0.497 e. The number of nitrogens with zero attached hydrogens (tertiary/aromatic N) is 1. The number of benzene rings is 1. The van der Waals surface area contributed by atoms with Gasteiger partial charge >= 0.3 is 0 Å². The lowest BCUT2D eigenvalue weighted by Gasteiger charge is -2.25. The van der Waals surface area contributed by atoms with Gasteiger partial charge in [0.05, 0.1) is 14.2 Å². The van der Waals surface area contributed by atoms with E-state index < -0.39 is 0 Å². The number of thioether (sulfide) groups is 1. The summed E-state index contributed by atoms with van der Waals surface area (Å²) in [6, 6.07) is 5.74. The molecule has 0 unspecified atom stereocenters. The second-order valence-corrected chi connectivity index (χ2v) is 5.86. The van der Waals surface area contributed by atoms with Crippen molar-refractivity contribution >= 4 is 17.7 Å². The normalized spacial score (nSPS) is 18.1. The van der Waals surface area contributed by atoms with E-state index in [9.17, 15) is 4.79 Å². The minimum atomic E-state index is 0.0269. The van der Waals surface area contributed by atoms with Crippen LogP contribution in [0.1, 0.15) is 30.7 Å². The highest BCUT2D eigenvalue weighted by Crippen LogP contribution is 2.43. The quantitative estimate of drug-likeness (QED) is 0.837. The molecule has 1 amide bonds. The number of methoxy groups -OCH3 is 2. The number of rotatable bonds is 5. The van der Waals surface area contributed by atoms with Crippen LogP contribution in [0.15, 0.2) is 18.2 Å². The van der Waals surface area contributed by atoms with Crippen molar-refractivity contribution in [3.8, 4) is 11.5 Å². The Bertz CT molecular complexity index is 478. The highest BCUT2D eigenvalue weighted by atomic mass is 32.2. The molecule has 1 saturated heterocycles. The Balaban J connectivity index is 2.31. The highest BCUT2D eigenvalue weighted by molar-refractivity contribution is 7.99. The largest absolute Gasteiger partial charge is 0.497 e. The monoisotopic (exact) mass is 295 g/mol. The lowest BCUT2D eigenvalue weighted by Crippen LogP contribution is -2.30. The average molecular weight is 295 g/mol. The Morgan fingerprint density at radius 2 is 2.20 bits per heavy atom. The first-order valence-electron chi connectivity index (χ1n) is 6.84. The first-order valence-corrected chi connectivity index (χ1v) is 7.89. The van der Waals surface area contributed by atoms with Crippen LogP contribution in [-0.2, 0) is 4.79 Å². The fraction of sp³-hybridized carbons (Fsp3) is 0.533. The van der Waals surface area contributed by atoms with Gasteiger partial charge in [-0.1, -0.05) is 6.92 Å². The molecule has 1 aromatic carbocycles. The van der Waals surface area contributed by atoms with E-state index in [0.29, 0.717) is 6.42 Å². The van der Waals surface area contributed by atoms with Crippen molar-refractivity contribution in [2.24, 2.45) is 0 Å². The molecule has 0 saturated carbocycles. The van der Waals surface area contributed by atoms with Crippen LogP contribution >= 0.6 is 11.8 Å². The Hall–Kier alpha value is -1.36. The standard InChI is InChI=1S/C15H21NO3S/c1-4-5-14(17)16-8-9-20-15(16)12-10-11(18-2)6-7-13(12)19-3/h6-7,10,15H,4-5,8-9H2,1-3H3/t15-/m1/s1. The molecule has 1 atom stereocenters. The Labute approximate surface area is 124 Å². The van der Waals surface area contributed by atoms with Gasteiger partial charge in [0, 0.05) is 24.3 Å². The number of hydrogen-bond donors (Lipinski definition) is 0. The molecule has 0 aromatic heterocycles. The maximum absolute atomic E-state index is 12.2. The van der Waals surface area contributed by atoms with Crippen LogP contribution in [0.3, 0.4) is 0 Å². The summed E-state index contributed by atoms with van der Waals surface area (Å²) in [6.07, 6.45) is 1.48. The molecule has 0 N–H and O–H groups in total. The minimum absolute atomic E-state index is 0.0269. The number of carbonyl (C=O) groups is 1. The smallest absolute Gasteiger partial charge is 0.223 e. The zero-order chi connectivity index (χ0) is 14.5. The van der Waals surface area contributed by atoms with Crippen molar-refractivity contribution in [2.45, 2.75) is 25.1 Å². The molecule has 110 valence electrons. The molecule has 5 heteroatoms. The second kappa shape index (κ2) is 6.88. The van der Waals surface area contributed by atoms with E-state index in [2.05, 4.69) is 0 Å². The molecule has 1 aromatic rings. The summed E-state index contributed by atoms with van der Waals surface area (Å²) in [5, 5.41) is 0.0269. The van der Waals surface area contributed by atoms with Crippen molar-refractivity contribution in [1.29, 1.82) is 0 Å². The summed E-state index contributed by atoms with van der Waals surface area (Å²) in [4.78, 5) is 14.2. The van der Waals surface area contributed by atoms with E-state index in [-0.39, 0.29) is 11.3 Å². The molecule has 4 nitrogen and oxygen atoms in total. The summed E-state index contributed by atoms with van der Waals surface area (Å²) < 4.78 is 10.7. The highest BCUT2D eigenvalue weighted by Gasteiger charge is 2.32. The first-order chi connectivity index (χ1) is 9.71. The number of carbonyl (C=O) groups excluding carboxylic acids is 1. The van der Waals surface area contributed by atoms with E-state index in [0.717, 1.165) is 35.8 Å². The van der Waals surface area contributed by atoms with Gasteiger partial charge in [0.1, 0.15) is 16.9 Å². The predicted octanol–water partition coefficient (Wildman–Crippen LogP) is 3.08. The molecular formula is C15H21NO3S. The van der Waals surface area contributed by atoms with Crippen molar-refractivity contribution in [1.82, 2.24) is 4.90 Å². The zero-order valence-corrected chi connectivity index (χ0v) is 13.0. The summed E-state index contributed by atoms with van der Waals surface area (Å²) in [5.41, 5.74) is 1.01. The number of ether oxygens (including phenoxy) is 2. The maximum Gasteiger partial charge on any atom is 0.223 e. The van der Waals surface area contributed by atoms with Gasteiger partial charge in [0.2, 0.25) is 5.91 Å². The maximum atomic E-state index is 12.2. The lowest BCUT2D eigenvalue weighted by atomic mass is 10.1. The summed E-state index contributed by atoms with van der Waals surface area (Å²) in [5.74, 6) is 2.77. The SMILES string of the molecule is CCCC(=O)N1CCS[C@@H]1c1cc(OC)ccc1OC. The molecule has 0 spiro atoms. The third-order valence-electron chi connectivity index (χ3n) is 3.38. The van der Waals surface area contributed by atoms with E-state index in [4.69, 9.17) is 9.47 Å². The summed E-state index contributed by atoms with van der Waals surface area (Å²) >= 11 is 1.78. The number of amides is 1. The van der Waals surface area contributed by atoms with Crippen molar-refractivity contribution in [3.63, 3.8) is 0 Å². The van der Waals surface area contributed by atoms with Crippen LogP contribution in [0.4, 0.5) is 0 Å². The van der Waals surface area contributed by atoms with Gasteiger partial charge in [0.25, 0.3) is 0 Å². The van der Waals surface area contributed by atoms with Crippen LogP contribution in [0.2, 0.25) is 0 Å². The predicted molar refractivity (Wildman–Crippen MR) is 81.4 cm³/mol. The topological polar surface area (TPSA) is 38.8 Å². The van der Waals surface area contributed by atoms with Gasteiger partial charge in [-0.25, -0.2) is 0 Å². The molecule has 0 radical (unpaired) electrons. The third-order valence-corrected chi connectivity index (χ3v) is 4.62. The van der Waals surface area contributed by atoms with Crippen LogP contribution < -0.4 is 9.47 Å². The first kappa shape index (κ1) is 15.0. The molecule has 2 rings (SSSR count). The Kier molecular flexibility index (Phi) is 5.17. The third kappa shape index (κ3) is 3.03. The average Bonchev–Trinajstić information content (AvgIpc) is 2.96. The molecule has 0 bridgehead atoms. The molecular weight excluding hydrogens is 274 g/mol. The fourth-order valence-electron chi connectivity index (χ4n) is 2.37. The zero-order valence-electron chi connectivity index (χ0n) is 12.2. The van der Waals surface area contributed by atoms with Gasteiger partial charge in [-0.15, -0.1) is 11.8 Å². The van der Waals surface area contributed by atoms with Crippen LogP contribution in [-0.4, -0.2) is 37.3 Å². The van der Waals surface area contributed by atoms with Crippen LogP contribution in [0.25, 0.3) is 0 Å². The molecule has 20 heavy (non-hydrogen) atoms. The van der Waals surface area contributed by atoms with Crippen molar-refractivity contribution < 1.29 is 14.3 Å². The summed E-state index contributed by atoms with van der Waals surface area (Å²) in [6.45, 7) is 2.83.